The lowest BCUT2D eigenvalue weighted by molar-refractivity contribution is 0.394. The second kappa shape index (κ2) is 5.21. The number of ether oxygens (including phenoxy) is 1. The lowest BCUT2D eigenvalue weighted by atomic mass is 10.1. The van der Waals surface area contributed by atoms with Crippen LogP contribution in [0.4, 0.5) is 0 Å². The van der Waals surface area contributed by atoms with Crippen LogP contribution in [0, 0.1) is 0 Å². The number of methoxy groups -OCH3 is 1. The van der Waals surface area contributed by atoms with Gasteiger partial charge >= 0.3 is 0 Å². The van der Waals surface area contributed by atoms with Gasteiger partial charge in [0.1, 0.15) is 0 Å². The van der Waals surface area contributed by atoms with Crippen molar-refractivity contribution < 1.29 is 4.74 Å². The number of hydrogen-bond donors (Lipinski definition) is 1. The van der Waals surface area contributed by atoms with Crippen molar-refractivity contribution in [1.29, 1.82) is 0 Å². The second-order valence-corrected chi connectivity index (χ2v) is 4.12. The van der Waals surface area contributed by atoms with E-state index in [9.17, 15) is 0 Å². The van der Waals surface area contributed by atoms with Crippen LogP contribution in [-0.4, -0.2) is 17.8 Å². The zero-order valence-electron chi connectivity index (χ0n) is 9.31. The second-order valence-electron chi connectivity index (χ2n) is 3.68. The van der Waals surface area contributed by atoms with Crippen molar-refractivity contribution in [2.75, 3.05) is 12.9 Å². The van der Waals surface area contributed by atoms with Crippen molar-refractivity contribution in [1.82, 2.24) is 4.98 Å². The largest absolute Gasteiger partial charge is 0.481 e. The van der Waals surface area contributed by atoms with E-state index in [1.54, 1.807) is 7.11 Å². The van der Waals surface area contributed by atoms with Crippen molar-refractivity contribution in [2.24, 2.45) is 0 Å². The molecule has 2 nitrogen and oxygen atoms in total. The molecule has 0 aliphatic heterocycles. The van der Waals surface area contributed by atoms with Crippen LogP contribution in [0.2, 0.25) is 0 Å². The summed E-state index contributed by atoms with van der Waals surface area (Å²) in [7, 11) is 1.67. The van der Waals surface area contributed by atoms with Crippen LogP contribution in [-0.2, 0) is 6.42 Å². The molecule has 0 atom stereocenters. The Hall–Kier alpha value is -1.22. The van der Waals surface area contributed by atoms with Crippen LogP contribution in [0.5, 0.6) is 5.88 Å². The molecule has 0 unspecified atom stereocenters. The Bertz CT molecular complexity index is 484. The Morgan fingerprint density at radius 1 is 1.31 bits per heavy atom. The third-order valence-corrected chi connectivity index (χ3v) is 2.88. The molecule has 84 valence electrons. The van der Waals surface area contributed by atoms with Gasteiger partial charge in [0.25, 0.3) is 0 Å². The summed E-state index contributed by atoms with van der Waals surface area (Å²) in [4.78, 5) is 4.50. The van der Waals surface area contributed by atoms with Gasteiger partial charge in [0.15, 0.2) is 0 Å². The molecule has 0 radical (unpaired) electrons. The Kier molecular flexibility index (Phi) is 3.67. The molecule has 0 amide bonds. The first-order valence-electron chi connectivity index (χ1n) is 5.38. The van der Waals surface area contributed by atoms with Gasteiger partial charge in [-0.1, -0.05) is 18.2 Å². The molecule has 1 heterocycles. The summed E-state index contributed by atoms with van der Waals surface area (Å²) >= 11 is 4.23. The Labute approximate surface area is 101 Å². The van der Waals surface area contributed by atoms with Crippen LogP contribution < -0.4 is 4.74 Å². The summed E-state index contributed by atoms with van der Waals surface area (Å²) in [6, 6.07) is 10.2. The number of aromatic nitrogens is 1. The Balaban J connectivity index is 2.45. The van der Waals surface area contributed by atoms with E-state index in [4.69, 9.17) is 4.74 Å². The molecule has 0 bridgehead atoms. The van der Waals surface area contributed by atoms with E-state index in [1.165, 1.54) is 0 Å². The maximum Gasteiger partial charge on any atom is 0.216 e. The number of fused-ring (bicyclic) bond motifs is 1. The average Bonchev–Trinajstić information content (AvgIpc) is 2.35. The fourth-order valence-electron chi connectivity index (χ4n) is 1.77. The van der Waals surface area contributed by atoms with Crippen molar-refractivity contribution >= 4 is 23.5 Å². The Morgan fingerprint density at radius 3 is 2.88 bits per heavy atom. The summed E-state index contributed by atoms with van der Waals surface area (Å²) < 4.78 is 5.31. The zero-order valence-corrected chi connectivity index (χ0v) is 10.2. The smallest absolute Gasteiger partial charge is 0.216 e. The van der Waals surface area contributed by atoms with E-state index in [-0.39, 0.29) is 0 Å². The van der Waals surface area contributed by atoms with Gasteiger partial charge in [0.05, 0.1) is 12.6 Å². The number of hydrogen-bond acceptors (Lipinski definition) is 3. The first-order chi connectivity index (χ1) is 7.85. The topological polar surface area (TPSA) is 22.1 Å². The standard InChI is InChI=1S/C13H15NOS/c1-15-13-11(6-4-8-16)9-10-5-2-3-7-12(10)14-13/h2-3,5,7,9,16H,4,6,8H2,1H3. The van der Waals surface area contributed by atoms with Crippen LogP contribution in [0.3, 0.4) is 0 Å². The maximum atomic E-state index is 5.31. The molecular formula is C13H15NOS. The van der Waals surface area contributed by atoms with Crippen molar-refractivity contribution in [3.05, 3.63) is 35.9 Å². The predicted molar refractivity (Wildman–Crippen MR) is 70.5 cm³/mol. The quantitative estimate of drug-likeness (QED) is 0.820. The molecule has 0 aliphatic rings. The molecule has 1 aromatic heterocycles. The normalized spacial score (nSPS) is 10.6. The highest BCUT2D eigenvalue weighted by Gasteiger charge is 2.06. The fraction of sp³-hybridized carbons (Fsp3) is 0.308. The van der Waals surface area contributed by atoms with E-state index in [0.717, 1.165) is 40.9 Å². The minimum Gasteiger partial charge on any atom is -0.481 e. The maximum absolute atomic E-state index is 5.31. The molecule has 0 saturated carbocycles. The lowest BCUT2D eigenvalue weighted by Crippen LogP contribution is -1.96. The lowest BCUT2D eigenvalue weighted by Gasteiger charge is -2.08. The van der Waals surface area contributed by atoms with E-state index < -0.39 is 0 Å². The van der Waals surface area contributed by atoms with Gasteiger partial charge in [-0.15, -0.1) is 0 Å². The van der Waals surface area contributed by atoms with E-state index in [2.05, 4.69) is 29.7 Å². The summed E-state index contributed by atoms with van der Waals surface area (Å²) in [6.07, 6.45) is 2.00. The third-order valence-electron chi connectivity index (χ3n) is 2.56. The number of aryl methyl sites for hydroxylation is 1. The molecule has 0 fully saturated rings. The van der Waals surface area contributed by atoms with Crippen molar-refractivity contribution in [2.45, 2.75) is 12.8 Å². The number of rotatable bonds is 4. The van der Waals surface area contributed by atoms with Gasteiger partial charge in [0.2, 0.25) is 5.88 Å². The van der Waals surface area contributed by atoms with Gasteiger partial charge in [-0.3, -0.25) is 0 Å². The molecule has 0 spiro atoms. The molecule has 0 N–H and O–H groups in total. The molecular weight excluding hydrogens is 218 g/mol. The molecule has 2 aromatic rings. The first-order valence-corrected chi connectivity index (χ1v) is 6.02. The molecule has 0 aliphatic carbocycles. The molecule has 3 heteroatoms. The third kappa shape index (κ3) is 2.30. The molecule has 2 rings (SSSR count). The summed E-state index contributed by atoms with van der Waals surface area (Å²) in [6.45, 7) is 0. The highest BCUT2D eigenvalue weighted by Crippen LogP contribution is 2.23. The Morgan fingerprint density at radius 2 is 2.12 bits per heavy atom. The van der Waals surface area contributed by atoms with E-state index >= 15 is 0 Å². The number of thiol groups is 1. The first kappa shape index (κ1) is 11.3. The van der Waals surface area contributed by atoms with Crippen LogP contribution in [0.15, 0.2) is 30.3 Å². The predicted octanol–water partition coefficient (Wildman–Crippen LogP) is 3.11. The number of para-hydroxylation sites is 1. The monoisotopic (exact) mass is 233 g/mol. The fourth-order valence-corrected chi connectivity index (χ4v) is 1.93. The van der Waals surface area contributed by atoms with E-state index in [0.29, 0.717) is 0 Å². The average molecular weight is 233 g/mol. The van der Waals surface area contributed by atoms with Gasteiger partial charge in [-0.2, -0.15) is 12.6 Å². The zero-order chi connectivity index (χ0) is 11.4. The van der Waals surface area contributed by atoms with Crippen LogP contribution >= 0.6 is 12.6 Å². The molecule has 16 heavy (non-hydrogen) atoms. The van der Waals surface area contributed by atoms with Crippen molar-refractivity contribution in [3.63, 3.8) is 0 Å². The summed E-state index contributed by atoms with van der Waals surface area (Å²) in [5.74, 6) is 1.62. The van der Waals surface area contributed by atoms with Gasteiger partial charge < -0.3 is 4.74 Å². The van der Waals surface area contributed by atoms with Crippen LogP contribution in [0.1, 0.15) is 12.0 Å². The summed E-state index contributed by atoms with van der Waals surface area (Å²) in [5.41, 5.74) is 2.14. The van der Waals surface area contributed by atoms with Gasteiger partial charge in [0, 0.05) is 10.9 Å². The number of nitrogens with zero attached hydrogens (tertiary/aromatic N) is 1. The highest BCUT2D eigenvalue weighted by molar-refractivity contribution is 7.80. The van der Waals surface area contributed by atoms with Crippen LogP contribution in [0.25, 0.3) is 10.9 Å². The minimum absolute atomic E-state index is 0.737. The van der Waals surface area contributed by atoms with Gasteiger partial charge in [-0.05, 0) is 30.7 Å². The van der Waals surface area contributed by atoms with E-state index in [1.807, 2.05) is 18.2 Å². The van der Waals surface area contributed by atoms with Gasteiger partial charge in [-0.25, -0.2) is 4.98 Å². The minimum atomic E-state index is 0.737. The SMILES string of the molecule is COc1nc2ccccc2cc1CCCS. The highest BCUT2D eigenvalue weighted by atomic mass is 32.1. The molecule has 1 aromatic carbocycles. The number of pyridine rings is 1. The summed E-state index contributed by atoms with van der Waals surface area (Å²) in [5, 5.41) is 1.16. The van der Waals surface area contributed by atoms with Crippen molar-refractivity contribution in [3.8, 4) is 5.88 Å². The number of benzene rings is 1. The molecule has 0 saturated heterocycles.